The summed E-state index contributed by atoms with van der Waals surface area (Å²) in [7, 11) is 0. The van der Waals surface area contributed by atoms with Gasteiger partial charge in [-0.2, -0.15) is 0 Å². The third-order valence-electron chi connectivity index (χ3n) is 2.44. The smallest absolute Gasteiger partial charge is 0.220 e. The maximum absolute atomic E-state index is 13.5. The highest BCUT2D eigenvalue weighted by molar-refractivity contribution is 5.97. The molecule has 0 bridgehead atoms. The molecule has 6 heteroatoms. The topological polar surface area (TPSA) is 80.7 Å². The molecule has 5 nitrogen and oxygen atoms in total. The van der Waals surface area contributed by atoms with Gasteiger partial charge in [0.1, 0.15) is 0 Å². The summed E-state index contributed by atoms with van der Waals surface area (Å²) in [5.74, 6) is -0.323. The van der Waals surface area contributed by atoms with Crippen molar-refractivity contribution in [3.8, 4) is 11.6 Å². The normalized spacial score (nSPS) is 11.4. The van der Waals surface area contributed by atoms with Gasteiger partial charge in [-0.1, -0.05) is 11.2 Å². The second-order valence-corrected chi connectivity index (χ2v) is 3.90. The van der Waals surface area contributed by atoms with Crippen molar-refractivity contribution in [2.24, 2.45) is 10.9 Å². The van der Waals surface area contributed by atoms with Crippen LogP contribution < -0.4 is 10.5 Å². The van der Waals surface area contributed by atoms with Gasteiger partial charge in [-0.05, 0) is 30.7 Å². The molecule has 1 aromatic carbocycles. The molecule has 2 aromatic rings. The highest BCUT2D eigenvalue weighted by Gasteiger charge is 2.07. The fourth-order valence-electron chi connectivity index (χ4n) is 1.48. The minimum atomic E-state index is -0.485. The number of hydrogen-bond donors (Lipinski definition) is 2. The highest BCUT2D eigenvalue weighted by atomic mass is 19.1. The first-order chi connectivity index (χ1) is 9.10. The maximum atomic E-state index is 13.5. The van der Waals surface area contributed by atoms with Gasteiger partial charge in [-0.3, -0.25) is 0 Å². The van der Waals surface area contributed by atoms with Gasteiger partial charge in [0.15, 0.2) is 17.4 Å². The van der Waals surface area contributed by atoms with E-state index in [0.717, 1.165) is 5.56 Å². The molecule has 0 unspecified atom stereocenters. The lowest BCUT2D eigenvalue weighted by atomic mass is 10.2. The van der Waals surface area contributed by atoms with E-state index in [1.54, 1.807) is 18.2 Å². The Bertz CT molecular complexity index is 629. The number of hydrogen-bond acceptors (Lipinski definition) is 4. The minimum absolute atomic E-state index is 0.0723. The van der Waals surface area contributed by atoms with Crippen LogP contribution in [0.1, 0.15) is 11.1 Å². The number of aryl methyl sites for hydroxylation is 1. The minimum Gasteiger partial charge on any atom is -0.436 e. The van der Waals surface area contributed by atoms with Gasteiger partial charge in [0, 0.05) is 17.8 Å². The molecular weight excluding hydrogens is 249 g/mol. The number of aromatic nitrogens is 1. The van der Waals surface area contributed by atoms with E-state index >= 15 is 0 Å². The molecule has 0 radical (unpaired) electrons. The third-order valence-corrected chi connectivity index (χ3v) is 2.44. The van der Waals surface area contributed by atoms with Crippen molar-refractivity contribution in [1.29, 1.82) is 0 Å². The number of nitrogens with zero attached hydrogens (tertiary/aromatic N) is 2. The molecule has 0 aliphatic rings. The van der Waals surface area contributed by atoms with Crippen molar-refractivity contribution in [2.75, 3.05) is 0 Å². The second kappa shape index (κ2) is 5.34. The van der Waals surface area contributed by atoms with E-state index in [1.807, 2.05) is 6.92 Å². The van der Waals surface area contributed by atoms with Crippen LogP contribution in [0.4, 0.5) is 4.39 Å². The van der Waals surface area contributed by atoms with Crippen LogP contribution >= 0.6 is 0 Å². The van der Waals surface area contributed by atoms with Crippen molar-refractivity contribution in [3.63, 3.8) is 0 Å². The predicted molar refractivity (Wildman–Crippen MR) is 68.0 cm³/mol. The summed E-state index contributed by atoms with van der Waals surface area (Å²) in [5, 5.41) is 11.5. The van der Waals surface area contributed by atoms with Crippen LogP contribution in [-0.2, 0) is 0 Å². The van der Waals surface area contributed by atoms with Crippen LogP contribution in [0.5, 0.6) is 11.6 Å². The van der Waals surface area contributed by atoms with E-state index in [2.05, 4.69) is 10.1 Å². The van der Waals surface area contributed by atoms with Gasteiger partial charge < -0.3 is 15.7 Å². The van der Waals surface area contributed by atoms with Crippen LogP contribution in [0.3, 0.4) is 0 Å². The Morgan fingerprint density at radius 2 is 2.16 bits per heavy atom. The molecule has 2 rings (SSSR count). The Morgan fingerprint density at radius 3 is 2.89 bits per heavy atom. The number of pyridine rings is 1. The van der Waals surface area contributed by atoms with E-state index in [-0.39, 0.29) is 17.5 Å². The number of rotatable bonds is 3. The Labute approximate surface area is 109 Å². The number of benzene rings is 1. The molecule has 0 fully saturated rings. The predicted octanol–water partition coefficient (Wildman–Crippen LogP) is 2.42. The molecule has 0 saturated heterocycles. The van der Waals surface area contributed by atoms with Crippen LogP contribution in [-0.4, -0.2) is 16.0 Å². The summed E-state index contributed by atoms with van der Waals surface area (Å²) >= 11 is 0. The van der Waals surface area contributed by atoms with E-state index < -0.39 is 5.82 Å². The standard InChI is InChI=1S/C13H12FN3O2/c1-8-2-3-10(14)11(6-8)19-12-7-9(4-5-16-12)13(15)17-18/h2-7,18H,1H3,(H2,15,17). The second-order valence-electron chi connectivity index (χ2n) is 3.90. The van der Waals surface area contributed by atoms with Crippen LogP contribution in [0.25, 0.3) is 0 Å². The number of amidine groups is 1. The zero-order valence-electron chi connectivity index (χ0n) is 10.2. The number of nitrogens with two attached hydrogens (primary N) is 1. The lowest BCUT2D eigenvalue weighted by Crippen LogP contribution is -2.13. The first-order valence-corrected chi connectivity index (χ1v) is 5.48. The Kier molecular flexibility index (Phi) is 3.61. The van der Waals surface area contributed by atoms with Gasteiger partial charge in [0.05, 0.1) is 0 Å². The molecule has 1 aromatic heterocycles. The average molecular weight is 261 g/mol. The Morgan fingerprint density at radius 1 is 1.37 bits per heavy atom. The molecule has 0 amide bonds. The number of oxime groups is 1. The fourth-order valence-corrected chi connectivity index (χ4v) is 1.48. The number of halogens is 1. The summed E-state index contributed by atoms with van der Waals surface area (Å²) in [5.41, 5.74) is 6.75. The van der Waals surface area contributed by atoms with Gasteiger partial charge in [0.25, 0.3) is 0 Å². The summed E-state index contributed by atoms with van der Waals surface area (Å²) in [4.78, 5) is 3.94. The average Bonchev–Trinajstić information content (AvgIpc) is 2.42. The molecule has 3 N–H and O–H groups in total. The lowest BCUT2D eigenvalue weighted by molar-refractivity contribution is 0.318. The largest absolute Gasteiger partial charge is 0.436 e. The fraction of sp³-hybridized carbons (Fsp3) is 0.0769. The molecule has 19 heavy (non-hydrogen) atoms. The first kappa shape index (κ1) is 12.8. The van der Waals surface area contributed by atoms with Gasteiger partial charge >= 0.3 is 0 Å². The summed E-state index contributed by atoms with van der Waals surface area (Å²) < 4.78 is 18.9. The van der Waals surface area contributed by atoms with Crippen molar-refractivity contribution in [3.05, 3.63) is 53.5 Å². The van der Waals surface area contributed by atoms with Crippen molar-refractivity contribution >= 4 is 5.84 Å². The maximum Gasteiger partial charge on any atom is 0.220 e. The molecule has 0 atom stereocenters. The zero-order chi connectivity index (χ0) is 13.8. The molecule has 0 aliphatic heterocycles. The molecule has 0 spiro atoms. The van der Waals surface area contributed by atoms with E-state index in [4.69, 9.17) is 15.7 Å². The van der Waals surface area contributed by atoms with E-state index in [9.17, 15) is 4.39 Å². The highest BCUT2D eigenvalue weighted by Crippen LogP contribution is 2.24. The van der Waals surface area contributed by atoms with Crippen LogP contribution in [0, 0.1) is 12.7 Å². The summed E-state index contributed by atoms with van der Waals surface area (Å²) in [6.07, 6.45) is 1.43. The number of ether oxygens (including phenoxy) is 1. The molecular formula is C13H12FN3O2. The van der Waals surface area contributed by atoms with Gasteiger partial charge in [-0.25, -0.2) is 9.37 Å². The summed E-state index contributed by atoms with van der Waals surface area (Å²) in [6.45, 7) is 1.83. The zero-order valence-corrected chi connectivity index (χ0v) is 10.2. The van der Waals surface area contributed by atoms with Crippen molar-refractivity contribution in [1.82, 2.24) is 4.98 Å². The Balaban J connectivity index is 2.31. The molecule has 98 valence electrons. The molecule has 1 heterocycles. The van der Waals surface area contributed by atoms with E-state index in [0.29, 0.717) is 5.56 Å². The van der Waals surface area contributed by atoms with Crippen molar-refractivity contribution < 1.29 is 14.3 Å². The first-order valence-electron chi connectivity index (χ1n) is 5.48. The Hall–Kier alpha value is -2.63. The lowest BCUT2D eigenvalue weighted by Gasteiger charge is -2.07. The summed E-state index contributed by atoms with van der Waals surface area (Å²) in [6, 6.07) is 7.53. The molecule has 0 aliphatic carbocycles. The van der Waals surface area contributed by atoms with Crippen LogP contribution in [0.15, 0.2) is 41.7 Å². The van der Waals surface area contributed by atoms with Gasteiger partial charge in [-0.15, -0.1) is 0 Å². The van der Waals surface area contributed by atoms with Gasteiger partial charge in [0.2, 0.25) is 5.88 Å². The van der Waals surface area contributed by atoms with E-state index in [1.165, 1.54) is 18.3 Å². The molecule has 0 saturated carbocycles. The quantitative estimate of drug-likeness (QED) is 0.385. The van der Waals surface area contributed by atoms with Crippen molar-refractivity contribution in [2.45, 2.75) is 6.92 Å². The monoisotopic (exact) mass is 261 g/mol. The van der Waals surface area contributed by atoms with Crippen LogP contribution in [0.2, 0.25) is 0 Å². The third kappa shape index (κ3) is 2.98. The SMILES string of the molecule is Cc1ccc(F)c(Oc2cc(C(N)=NO)ccn2)c1.